The molecule has 0 aromatic carbocycles. The number of hydrogen-bond acceptors (Lipinski definition) is 5. The van der Waals surface area contributed by atoms with Gasteiger partial charge in [0.15, 0.2) is 0 Å². The molecule has 0 heterocycles. The average Bonchev–Trinajstić information content (AvgIpc) is 2.65. The third-order valence-corrected chi connectivity index (χ3v) is 5.50. The standard InChI is InChI=1S/C24H46O5/c1-7-19-29-22(27)24(5,6)18-14-10-12-16-20(25)15-11-9-13-17-23(3,4)21(26)28-8-2/h20,25H,7-19H2,1-6H3. The van der Waals surface area contributed by atoms with Gasteiger partial charge in [-0.3, -0.25) is 9.59 Å². The summed E-state index contributed by atoms with van der Waals surface area (Å²) in [6.45, 7) is 12.5. The first kappa shape index (κ1) is 27.9. The Morgan fingerprint density at radius 2 is 1.21 bits per heavy atom. The van der Waals surface area contributed by atoms with Crippen molar-refractivity contribution in [2.24, 2.45) is 10.8 Å². The van der Waals surface area contributed by atoms with E-state index in [9.17, 15) is 14.7 Å². The van der Waals surface area contributed by atoms with Crippen molar-refractivity contribution in [2.75, 3.05) is 13.2 Å². The van der Waals surface area contributed by atoms with Gasteiger partial charge in [0.2, 0.25) is 0 Å². The molecule has 29 heavy (non-hydrogen) atoms. The van der Waals surface area contributed by atoms with Crippen LogP contribution in [0.15, 0.2) is 0 Å². The normalized spacial score (nSPS) is 13.2. The Balaban J connectivity index is 3.79. The van der Waals surface area contributed by atoms with Crippen LogP contribution in [0.2, 0.25) is 0 Å². The van der Waals surface area contributed by atoms with Gasteiger partial charge < -0.3 is 14.6 Å². The Bertz CT molecular complexity index is 456. The molecular formula is C24H46O5. The van der Waals surface area contributed by atoms with Crippen molar-refractivity contribution in [3.8, 4) is 0 Å². The number of carbonyl (C=O) groups excluding carboxylic acids is 2. The second kappa shape index (κ2) is 14.8. The lowest BCUT2D eigenvalue weighted by atomic mass is 9.86. The largest absolute Gasteiger partial charge is 0.466 e. The summed E-state index contributed by atoms with van der Waals surface area (Å²) in [4.78, 5) is 23.9. The maximum Gasteiger partial charge on any atom is 0.311 e. The molecule has 0 aromatic rings. The van der Waals surface area contributed by atoms with Crippen LogP contribution in [0.5, 0.6) is 0 Å². The molecule has 1 atom stereocenters. The number of esters is 2. The van der Waals surface area contributed by atoms with Gasteiger partial charge in [-0.1, -0.05) is 45.4 Å². The van der Waals surface area contributed by atoms with E-state index in [2.05, 4.69) is 0 Å². The molecule has 0 saturated heterocycles. The van der Waals surface area contributed by atoms with Gasteiger partial charge in [0.05, 0.1) is 30.1 Å². The zero-order valence-corrected chi connectivity index (χ0v) is 19.8. The molecule has 1 N–H and O–H groups in total. The maximum atomic E-state index is 12.0. The first-order chi connectivity index (χ1) is 13.6. The van der Waals surface area contributed by atoms with Crippen LogP contribution in [0.3, 0.4) is 0 Å². The maximum absolute atomic E-state index is 12.0. The highest BCUT2D eigenvalue weighted by molar-refractivity contribution is 5.76. The molecule has 0 saturated carbocycles. The summed E-state index contributed by atoms with van der Waals surface area (Å²) < 4.78 is 10.4. The van der Waals surface area contributed by atoms with Crippen molar-refractivity contribution >= 4 is 11.9 Å². The van der Waals surface area contributed by atoms with Crippen molar-refractivity contribution in [1.82, 2.24) is 0 Å². The minimum Gasteiger partial charge on any atom is -0.466 e. The van der Waals surface area contributed by atoms with E-state index in [0.717, 1.165) is 70.6 Å². The van der Waals surface area contributed by atoms with Gasteiger partial charge in [-0.05, 0) is 66.7 Å². The van der Waals surface area contributed by atoms with E-state index in [4.69, 9.17) is 9.47 Å². The van der Waals surface area contributed by atoms with Gasteiger partial charge >= 0.3 is 11.9 Å². The number of unbranched alkanes of at least 4 members (excludes halogenated alkanes) is 4. The van der Waals surface area contributed by atoms with Crippen LogP contribution in [0.4, 0.5) is 0 Å². The van der Waals surface area contributed by atoms with Gasteiger partial charge in [0.25, 0.3) is 0 Å². The number of aliphatic hydroxyl groups is 1. The molecule has 0 radical (unpaired) electrons. The van der Waals surface area contributed by atoms with Crippen molar-refractivity contribution in [2.45, 2.75) is 118 Å². The van der Waals surface area contributed by atoms with Gasteiger partial charge in [0, 0.05) is 0 Å². The molecule has 0 bridgehead atoms. The molecule has 5 heteroatoms. The Morgan fingerprint density at radius 3 is 1.62 bits per heavy atom. The fourth-order valence-corrected chi connectivity index (χ4v) is 3.31. The highest BCUT2D eigenvalue weighted by atomic mass is 16.5. The van der Waals surface area contributed by atoms with Crippen LogP contribution in [0, 0.1) is 10.8 Å². The van der Waals surface area contributed by atoms with Crippen LogP contribution in [0.25, 0.3) is 0 Å². The van der Waals surface area contributed by atoms with Crippen LogP contribution in [-0.4, -0.2) is 36.4 Å². The Morgan fingerprint density at radius 1 is 0.759 bits per heavy atom. The zero-order chi connectivity index (χ0) is 22.3. The van der Waals surface area contributed by atoms with Gasteiger partial charge in [-0.25, -0.2) is 0 Å². The monoisotopic (exact) mass is 414 g/mol. The molecule has 0 aliphatic rings. The van der Waals surface area contributed by atoms with Crippen LogP contribution < -0.4 is 0 Å². The lowest BCUT2D eigenvalue weighted by Crippen LogP contribution is -2.26. The number of rotatable bonds is 17. The van der Waals surface area contributed by atoms with Crippen LogP contribution >= 0.6 is 0 Å². The Labute approximate surface area is 178 Å². The van der Waals surface area contributed by atoms with E-state index >= 15 is 0 Å². The predicted molar refractivity (Wildman–Crippen MR) is 118 cm³/mol. The summed E-state index contributed by atoms with van der Waals surface area (Å²) in [6.07, 6.45) is 9.82. The summed E-state index contributed by atoms with van der Waals surface area (Å²) in [5.74, 6) is -0.229. The average molecular weight is 415 g/mol. The number of aliphatic hydroxyl groups excluding tert-OH is 1. The summed E-state index contributed by atoms with van der Waals surface area (Å²) in [6, 6.07) is 0. The second-order valence-electron chi connectivity index (χ2n) is 9.48. The van der Waals surface area contributed by atoms with Gasteiger partial charge in [-0.15, -0.1) is 0 Å². The van der Waals surface area contributed by atoms with E-state index < -0.39 is 10.8 Å². The van der Waals surface area contributed by atoms with E-state index in [0.29, 0.717) is 13.2 Å². The van der Waals surface area contributed by atoms with Crippen molar-refractivity contribution in [3.63, 3.8) is 0 Å². The molecular weight excluding hydrogens is 368 g/mol. The first-order valence-corrected chi connectivity index (χ1v) is 11.6. The summed E-state index contributed by atoms with van der Waals surface area (Å²) in [7, 11) is 0. The topological polar surface area (TPSA) is 72.8 Å². The van der Waals surface area contributed by atoms with E-state index in [1.54, 1.807) is 0 Å². The smallest absolute Gasteiger partial charge is 0.311 e. The lowest BCUT2D eigenvalue weighted by molar-refractivity contribution is -0.155. The molecule has 5 nitrogen and oxygen atoms in total. The van der Waals surface area contributed by atoms with Gasteiger partial charge in [-0.2, -0.15) is 0 Å². The fourth-order valence-electron chi connectivity index (χ4n) is 3.31. The summed E-state index contributed by atoms with van der Waals surface area (Å²) in [5.41, 5.74) is -0.851. The van der Waals surface area contributed by atoms with Crippen molar-refractivity contribution in [3.05, 3.63) is 0 Å². The van der Waals surface area contributed by atoms with Crippen molar-refractivity contribution in [1.29, 1.82) is 0 Å². The molecule has 0 rings (SSSR count). The van der Waals surface area contributed by atoms with Crippen LogP contribution in [0.1, 0.15) is 112 Å². The second-order valence-corrected chi connectivity index (χ2v) is 9.48. The molecule has 172 valence electrons. The molecule has 0 aliphatic heterocycles. The molecule has 0 aliphatic carbocycles. The SMILES string of the molecule is CCCOC(=O)C(C)(C)CCCCCC(O)CCCCCC(C)(C)C(=O)OCC. The van der Waals surface area contributed by atoms with E-state index in [1.165, 1.54) is 0 Å². The molecule has 1 unspecified atom stereocenters. The minimum absolute atomic E-state index is 0.106. The van der Waals surface area contributed by atoms with Gasteiger partial charge in [0.1, 0.15) is 0 Å². The highest BCUT2D eigenvalue weighted by Crippen LogP contribution is 2.27. The number of ether oxygens (including phenoxy) is 2. The summed E-state index contributed by atoms with van der Waals surface area (Å²) in [5, 5.41) is 10.2. The van der Waals surface area contributed by atoms with Crippen LogP contribution in [-0.2, 0) is 19.1 Å². The summed E-state index contributed by atoms with van der Waals surface area (Å²) >= 11 is 0. The quantitative estimate of drug-likeness (QED) is 0.240. The fraction of sp³-hybridized carbons (Fsp3) is 0.917. The third-order valence-electron chi connectivity index (χ3n) is 5.50. The third kappa shape index (κ3) is 12.9. The Kier molecular flexibility index (Phi) is 14.3. The van der Waals surface area contributed by atoms with Crippen molar-refractivity contribution < 1.29 is 24.2 Å². The predicted octanol–water partition coefficient (Wildman–Crippen LogP) is 5.82. The van der Waals surface area contributed by atoms with E-state index in [1.807, 2.05) is 41.5 Å². The molecule has 0 fully saturated rings. The zero-order valence-electron chi connectivity index (χ0n) is 19.8. The number of carbonyl (C=O) groups is 2. The minimum atomic E-state index is -0.425. The molecule has 0 aromatic heterocycles. The lowest BCUT2D eigenvalue weighted by Gasteiger charge is -2.22. The molecule has 0 spiro atoms. The Hall–Kier alpha value is -1.10. The highest BCUT2D eigenvalue weighted by Gasteiger charge is 2.29. The van der Waals surface area contributed by atoms with E-state index in [-0.39, 0.29) is 18.0 Å². The molecule has 0 amide bonds. The first-order valence-electron chi connectivity index (χ1n) is 11.6. The number of hydrogen-bond donors (Lipinski definition) is 1.